The molecule has 0 amide bonds. The molecule has 0 radical (unpaired) electrons. The summed E-state index contributed by atoms with van der Waals surface area (Å²) in [4.78, 5) is 19.5. The van der Waals surface area contributed by atoms with Crippen molar-refractivity contribution in [3.63, 3.8) is 0 Å². The Bertz CT molecular complexity index is 582. The molecule has 1 aromatic heterocycles. The van der Waals surface area contributed by atoms with E-state index in [2.05, 4.69) is 16.0 Å². The molecule has 0 N–H and O–H groups in total. The summed E-state index contributed by atoms with van der Waals surface area (Å²) in [6, 6.07) is 6.12. The van der Waals surface area contributed by atoms with Gasteiger partial charge >= 0.3 is 5.97 Å². The number of hydrogen-bond acceptors (Lipinski definition) is 4. The van der Waals surface area contributed by atoms with Crippen molar-refractivity contribution in [2.75, 3.05) is 0 Å². The van der Waals surface area contributed by atoms with Crippen LogP contribution in [0, 0.1) is 13.8 Å². The molecule has 1 heterocycles. The summed E-state index contributed by atoms with van der Waals surface area (Å²) in [6.45, 7) is 4.40. The second-order valence-electron chi connectivity index (χ2n) is 4.84. The van der Waals surface area contributed by atoms with E-state index in [9.17, 15) is 4.79 Å². The van der Waals surface area contributed by atoms with Gasteiger partial charge in [-0.1, -0.05) is 23.8 Å². The van der Waals surface area contributed by atoms with E-state index in [1.807, 2.05) is 26.0 Å². The highest BCUT2D eigenvalue weighted by atomic mass is 16.5. The topological polar surface area (TPSA) is 52.1 Å². The number of carbonyl (C=O) groups is 1. The Hall–Kier alpha value is -2.23. The highest BCUT2D eigenvalue weighted by molar-refractivity contribution is 5.69. The number of esters is 1. The van der Waals surface area contributed by atoms with E-state index in [-0.39, 0.29) is 5.97 Å². The minimum absolute atomic E-state index is 0.200. The van der Waals surface area contributed by atoms with Crippen molar-refractivity contribution < 1.29 is 9.53 Å². The predicted octanol–water partition coefficient (Wildman–Crippen LogP) is 2.77. The lowest BCUT2D eigenvalue weighted by atomic mass is 10.1. The van der Waals surface area contributed by atoms with Crippen molar-refractivity contribution in [3.8, 4) is 0 Å². The molecule has 0 unspecified atom stereocenters. The maximum absolute atomic E-state index is 11.7. The number of rotatable bonds is 5. The Balaban J connectivity index is 1.80. The fraction of sp³-hybridized carbons (Fsp3) is 0.312. The quantitative estimate of drug-likeness (QED) is 0.784. The van der Waals surface area contributed by atoms with Crippen LogP contribution in [0.1, 0.15) is 28.7 Å². The summed E-state index contributed by atoms with van der Waals surface area (Å²) in [5, 5.41) is 0. The van der Waals surface area contributed by atoms with E-state index in [1.165, 1.54) is 11.9 Å². The molecule has 4 heteroatoms. The number of benzene rings is 1. The fourth-order valence-electron chi connectivity index (χ4n) is 1.94. The maximum Gasteiger partial charge on any atom is 0.306 e. The Kier molecular flexibility index (Phi) is 4.82. The fourth-order valence-corrected chi connectivity index (χ4v) is 1.94. The monoisotopic (exact) mass is 270 g/mol. The van der Waals surface area contributed by atoms with E-state index in [4.69, 9.17) is 4.74 Å². The van der Waals surface area contributed by atoms with Gasteiger partial charge in [0, 0.05) is 18.8 Å². The van der Waals surface area contributed by atoms with Crippen LogP contribution in [-0.2, 0) is 22.6 Å². The molecule has 4 nitrogen and oxygen atoms in total. The molecule has 0 bridgehead atoms. The van der Waals surface area contributed by atoms with Crippen LogP contribution in [0.3, 0.4) is 0 Å². The summed E-state index contributed by atoms with van der Waals surface area (Å²) < 4.78 is 5.29. The number of aromatic nitrogens is 2. The Morgan fingerprint density at radius 1 is 1.20 bits per heavy atom. The standard InChI is InChI=1S/C16H18N2O2/c1-12-3-5-15(13(2)7-12)10-20-16(19)6-4-14-8-17-11-18-9-14/h3,5,7-9,11H,4,6,10H2,1-2H3. The van der Waals surface area contributed by atoms with E-state index in [1.54, 1.807) is 12.4 Å². The summed E-state index contributed by atoms with van der Waals surface area (Å²) in [7, 11) is 0. The molecular weight excluding hydrogens is 252 g/mol. The van der Waals surface area contributed by atoms with Gasteiger partial charge in [0.25, 0.3) is 0 Å². The predicted molar refractivity (Wildman–Crippen MR) is 76.1 cm³/mol. The summed E-state index contributed by atoms with van der Waals surface area (Å²) in [5.41, 5.74) is 4.35. The largest absolute Gasteiger partial charge is 0.461 e. The zero-order chi connectivity index (χ0) is 14.4. The highest BCUT2D eigenvalue weighted by Crippen LogP contribution is 2.12. The number of nitrogens with zero attached hydrogens (tertiary/aromatic N) is 2. The number of aryl methyl sites for hydroxylation is 3. The van der Waals surface area contributed by atoms with Crippen LogP contribution in [-0.4, -0.2) is 15.9 Å². The van der Waals surface area contributed by atoms with Gasteiger partial charge in [-0.25, -0.2) is 9.97 Å². The number of carbonyl (C=O) groups excluding carboxylic acids is 1. The summed E-state index contributed by atoms with van der Waals surface area (Å²) >= 11 is 0. The Labute approximate surface area is 118 Å². The SMILES string of the molecule is Cc1ccc(COC(=O)CCc2cncnc2)c(C)c1. The van der Waals surface area contributed by atoms with Crippen molar-refractivity contribution in [1.29, 1.82) is 0 Å². The molecule has 0 saturated carbocycles. The van der Waals surface area contributed by atoms with Gasteiger partial charge in [-0.2, -0.15) is 0 Å². The smallest absolute Gasteiger partial charge is 0.306 e. The van der Waals surface area contributed by atoms with Crippen LogP contribution in [0.5, 0.6) is 0 Å². The van der Waals surface area contributed by atoms with Gasteiger partial charge in [0.2, 0.25) is 0 Å². The zero-order valence-corrected chi connectivity index (χ0v) is 11.8. The molecule has 104 valence electrons. The first kappa shape index (κ1) is 14.2. The van der Waals surface area contributed by atoms with Gasteiger partial charge in [0.1, 0.15) is 12.9 Å². The molecule has 0 saturated heterocycles. The van der Waals surface area contributed by atoms with Crippen molar-refractivity contribution in [2.45, 2.75) is 33.3 Å². The molecule has 1 aromatic carbocycles. The van der Waals surface area contributed by atoms with Crippen LogP contribution in [0.25, 0.3) is 0 Å². The Morgan fingerprint density at radius 3 is 2.65 bits per heavy atom. The van der Waals surface area contributed by atoms with E-state index < -0.39 is 0 Å². The van der Waals surface area contributed by atoms with Crippen molar-refractivity contribution in [1.82, 2.24) is 9.97 Å². The number of ether oxygens (including phenoxy) is 1. The van der Waals surface area contributed by atoms with Gasteiger partial charge in [0.15, 0.2) is 0 Å². The van der Waals surface area contributed by atoms with Crippen molar-refractivity contribution >= 4 is 5.97 Å². The minimum atomic E-state index is -0.200. The molecule has 20 heavy (non-hydrogen) atoms. The van der Waals surface area contributed by atoms with E-state index in [0.717, 1.165) is 16.7 Å². The molecule has 0 aliphatic heterocycles. The third-order valence-corrected chi connectivity index (χ3v) is 3.12. The first-order valence-electron chi connectivity index (χ1n) is 6.61. The third kappa shape index (κ3) is 4.16. The van der Waals surface area contributed by atoms with Crippen LogP contribution in [0.15, 0.2) is 36.9 Å². The van der Waals surface area contributed by atoms with Crippen LogP contribution < -0.4 is 0 Å². The summed E-state index contributed by atoms with van der Waals surface area (Å²) in [5.74, 6) is -0.200. The number of hydrogen-bond donors (Lipinski definition) is 0. The molecule has 0 aliphatic carbocycles. The maximum atomic E-state index is 11.7. The van der Waals surface area contributed by atoms with E-state index in [0.29, 0.717) is 19.4 Å². The molecule has 0 aliphatic rings. The molecule has 0 spiro atoms. The normalized spacial score (nSPS) is 10.3. The molecule has 2 aromatic rings. The minimum Gasteiger partial charge on any atom is -0.461 e. The van der Waals surface area contributed by atoms with Crippen molar-refractivity contribution in [3.05, 3.63) is 59.2 Å². The average molecular weight is 270 g/mol. The zero-order valence-electron chi connectivity index (χ0n) is 11.8. The second-order valence-corrected chi connectivity index (χ2v) is 4.84. The lowest BCUT2D eigenvalue weighted by Crippen LogP contribution is -2.07. The molecule has 0 atom stereocenters. The molecule has 2 rings (SSSR count). The summed E-state index contributed by atoms with van der Waals surface area (Å²) in [6.07, 6.45) is 5.85. The van der Waals surface area contributed by atoms with Gasteiger partial charge in [-0.05, 0) is 37.0 Å². The van der Waals surface area contributed by atoms with Gasteiger partial charge in [-0.15, -0.1) is 0 Å². The van der Waals surface area contributed by atoms with Crippen molar-refractivity contribution in [2.24, 2.45) is 0 Å². The second kappa shape index (κ2) is 6.80. The lowest BCUT2D eigenvalue weighted by Gasteiger charge is -2.08. The highest BCUT2D eigenvalue weighted by Gasteiger charge is 2.06. The van der Waals surface area contributed by atoms with E-state index >= 15 is 0 Å². The van der Waals surface area contributed by atoms with Gasteiger partial charge < -0.3 is 4.74 Å². The van der Waals surface area contributed by atoms with Crippen LogP contribution >= 0.6 is 0 Å². The first-order chi connectivity index (χ1) is 9.65. The Morgan fingerprint density at radius 2 is 1.95 bits per heavy atom. The molecule has 0 fully saturated rings. The van der Waals surface area contributed by atoms with Gasteiger partial charge in [0.05, 0.1) is 0 Å². The first-order valence-corrected chi connectivity index (χ1v) is 6.61. The average Bonchev–Trinajstić information content (AvgIpc) is 2.45. The lowest BCUT2D eigenvalue weighted by molar-refractivity contribution is -0.144. The van der Waals surface area contributed by atoms with Crippen LogP contribution in [0.2, 0.25) is 0 Å². The molecular formula is C16H18N2O2. The third-order valence-electron chi connectivity index (χ3n) is 3.12. The van der Waals surface area contributed by atoms with Crippen LogP contribution in [0.4, 0.5) is 0 Å². The van der Waals surface area contributed by atoms with Gasteiger partial charge in [-0.3, -0.25) is 4.79 Å².